The summed E-state index contributed by atoms with van der Waals surface area (Å²) in [5, 5.41) is 20.2. The fourth-order valence-electron chi connectivity index (χ4n) is 3.92. The van der Waals surface area contributed by atoms with Crippen molar-refractivity contribution in [1.82, 2.24) is 29.5 Å². The van der Waals surface area contributed by atoms with E-state index in [0.29, 0.717) is 6.61 Å². The highest BCUT2D eigenvalue weighted by atomic mass is 19.4. The Bertz CT molecular complexity index is 1350. The summed E-state index contributed by atoms with van der Waals surface area (Å²) in [6.45, 7) is 3.21. The van der Waals surface area contributed by atoms with Gasteiger partial charge in [-0.1, -0.05) is 23.4 Å². The largest absolute Gasteiger partial charge is 0.497 e. The molecule has 1 aliphatic heterocycles. The van der Waals surface area contributed by atoms with Crippen molar-refractivity contribution in [2.24, 2.45) is 7.05 Å². The van der Waals surface area contributed by atoms with E-state index in [0.717, 1.165) is 47.7 Å². The number of rotatable bonds is 5. The van der Waals surface area contributed by atoms with Crippen LogP contribution < -0.4 is 4.74 Å². The predicted octanol–water partition coefficient (Wildman–Crippen LogP) is 3.35. The zero-order valence-electron chi connectivity index (χ0n) is 20.1. The standard InChI is InChI=1S/C22H24N6O2.C2HF3O2/c1-26-12-16(11-23-26)13-27-9-10-30-21(15-27)22-20-8-5-18(14-28(20)25-24-22)17-3-6-19(29-2)7-4-17;3-2(4,5)1(6)7/h3-8,11-12,14,21H,9-10,13,15H2,1-2H3;(H,6,7). The molecule has 13 heteroatoms. The number of pyridine rings is 1. The van der Waals surface area contributed by atoms with Crippen LogP contribution in [0.2, 0.25) is 0 Å². The van der Waals surface area contributed by atoms with Crippen LogP contribution in [0.25, 0.3) is 16.6 Å². The molecule has 1 aromatic carbocycles. The van der Waals surface area contributed by atoms with Crippen molar-refractivity contribution >= 4 is 11.5 Å². The number of fused-ring (bicyclic) bond motifs is 1. The zero-order chi connectivity index (χ0) is 26.6. The molecule has 0 amide bonds. The van der Waals surface area contributed by atoms with E-state index in [1.807, 2.05) is 52.9 Å². The molecule has 1 atom stereocenters. The number of halogens is 3. The van der Waals surface area contributed by atoms with Gasteiger partial charge in [0.15, 0.2) is 0 Å². The third kappa shape index (κ3) is 6.43. The van der Waals surface area contributed by atoms with Crippen molar-refractivity contribution in [2.45, 2.75) is 18.8 Å². The van der Waals surface area contributed by atoms with Crippen LogP contribution >= 0.6 is 0 Å². The number of carboxylic acids is 1. The summed E-state index contributed by atoms with van der Waals surface area (Å²) in [5.41, 5.74) is 5.23. The molecule has 196 valence electrons. The van der Waals surface area contributed by atoms with E-state index in [9.17, 15) is 13.2 Å². The molecular weight excluding hydrogens is 493 g/mol. The molecule has 0 spiro atoms. The van der Waals surface area contributed by atoms with Gasteiger partial charge >= 0.3 is 12.1 Å². The van der Waals surface area contributed by atoms with Gasteiger partial charge in [0, 0.05) is 50.2 Å². The highest BCUT2D eigenvalue weighted by Gasteiger charge is 2.38. The number of ether oxygens (including phenoxy) is 2. The summed E-state index contributed by atoms with van der Waals surface area (Å²) >= 11 is 0. The molecule has 37 heavy (non-hydrogen) atoms. The Morgan fingerprint density at radius 2 is 1.86 bits per heavy atom. The lowest BCUT2D eigenvalue weighted by Gasteiger charge is -2.31. The fourth-order valence-corrected chi connectivity index (χ4v) is 3.92. The number of carbonyl (C=O) groups is 1. The number of aliphatic carboxylic acids is 1. The predicted molar refractivity (Wildman–Crippen MR) is 126 cm³/mol. The number of aromatic nitrogens is 5. The Hall–Kier alpha value is -3.97. The summed E-state index contributed by atoms with van der Waals surface area (Å²) in [7, 11) is 3.61. The fraction of sp³-hybridized carbons (Fsp3) is 0.333. The maximum Gasteiger partial charge on any atom is 0.490 e. The van der Waals surface area contributed by atoms with Gasteiger partial charge in [0.05, 0.1) is 25.4 Å². The number of alkyl halides is 3. The van der Waals surface area contributed by atoms with Crippen LogP contribution in [-0.2, 0) is 23.1 Å². The molecule has 0 bridgehead atoms. The lowest BCUT2D eigenvalue weighted by atomic mass is 10.1. The Morgan fingerprint density at radius 3 is 2.49 bits per heavy atom. The number of morpholine rings is 1. The number of nitrogens with zero attached hydrogens (tertiary/aromatic N) is 6. The Labute approximate surface area is 209 Å². The second kappa shape index (κ2) is 11.0. The molecular formula is C24H25F3N6O4. The van der Waals surface area contributed by atoms with Crippen LogP contribution in [0.5, 0.6) is 5.75 Å². The van der Waals surface area contributed by atoms with Gasteiger partial charge in [-0.2, -0.15) is 18.3 Å². The molecule has 10 nitrogen and oxygen atoms in total. The minimum Gasteiger partial charge on any atom is -0.497 e. The Morgan fingerprint density at radius 1 is 1.16 bits per heavy atom. The lowest BCUT2D eigenvalue weighted by Crippen LogP contribution is -2.38. The Kier molecular flexibility index (Phi) is 7.74. The lowest BCUT2D eigenvalue weighted by molar-refractivity contribution is -0.192. The van der Waals surface area contributed by atoms with Gasteiger partial charge in [0.1, 0.15) is 17.5 Å². The first-order valence-electron chi connectivity index (χ1n) is 11.2. The molecule has 4 aromatic rings. The summed E-state index contributed by atoms with van der Waals surface area (Å²) in [6, 6.07) is 12.2. The summed E-state index contributed by atoms with van der Waals surface area (Å²) in [6.07, 6.45) is 0.793. The molecule has 1 aliphatic rings. The number of benzene rings is 1. The number of methoxy groups -OCH3 is 1. The number of aryl methyl sites for hydroxylation is 1. The highest BCUT2D eigenvalue weighted by molar-refractivity contribution is 5.73. The van der Waals surface area contributed by atoms with E-state index in [1.54, 1.807) is 7.11 Å². The van der Waals surface area contributed by atoms with E-state index in [2.05, 4.69) is 38.6 Å². The number of hydrogen-bond donors (Lipinski definition) is 1. The number of hydrogen-bond acceptors (Lipinski definition) is 7. The van der Waals surface area contributed by atoms with Crippen molar-refractivity contribution in [3.05, 3.63) is 66.2 Å². The molecule has 0 radical (unpaired) electrons. The van der Waals surface area contributed by atoms with Crippen molar-refractivity contribution in [1.29, 1.82) is 0 Å². The third-order valence-corrected chi connectivity index (χ3v) is 5.73. The third-order valence-electron chi connectivity index (χ3n) is 5.73. The molecule has 0 saturated carbocycles. The average molecular weight is 518 g/mol. The average Bonchev–Trinajstić information content (AvgIpc) is 3.49. The topological polar surface area (TPSA) is 107 Å². The monoisotopic (exact) mass is 518 g/mol. The van der Waals surface area contributed by atoms with E-state index in [-0.39, 0.29) is 6.10 Å². The van der Waals surface area contributed by atoms with Gasteiger partial charge in [-0.15, -0.1) is 5.10 Å². The van der Waals surface area contributed by atoms with Crippen LogP contribution in [0.15, 0.2) is 55.0 Å². The van der Waals surface area contributed by atoms with Crippen molar-refractivity contribution < 1.29 is 32.5 Å². The summed E-state index contributed by atoms with van der Waals surface area (Å²) < 4.78 is 46.7. The normalized spacial score (nSPS) is 16.3. The van der Waals surface area contributed by atoms with Crippen LogP contribution in [0, 0.1) is 0 Å². The molecule has 4 heterocycles. The molecule has 1 N–H and O–H groups in total. The summed E-state index contributed by atoms with van der Waals surface area (Å²) in [4.78, 5) is 11.3. The molecule has 3 aromatic heterocycles. The minimum absolute atomic E-state index is 0.0974. The first-order valence-corrected chi connectivity index (χ1v) is 11.2. The zero-order valence-corrected chi connectivity index (χ0v) is 20.1. The number of carboxylic acid groups (broad SMARTS) is 1. The first-order chi connectivity index (χ1) is 17.6. The van der Waals surface area contributed by atoms with E-state index >= 15 is 0 Å². The molecule has 5 rings (SSSR count). The second-order valence-corrected chi connectivity index (χ2v) is 8.37. The van der Waals surface area contributed by atoms with Gasteiger partial charge in [0.2, 0.25) is 0 Å². The van der Waals surface area contributed by atoms with E-state index in [4.69, 9.17) is 19.4 Å². The van der Waals surface area contributed by atoms with Gasteiger partial charge in [-0.25, -0.2) is 9.31 Å². The van der Waals surface area contributed by atoms with Crippen molar-refractivity contribution in [2.75, 3.05) is 26.8 Å². The van der Waals surface area contributed by atoms with Gasteiger partial charge < -0.3 is 14.6 Å². The Balaban J connectivity index is 0.000000405. The van der Waals surface area contributed by atoms with Gasteiger partial charge in [0.25, 0.3) is 0 Å². The maximum absolute atomic E-state index is 10.6. The molecule has 1 saturated heterocycles. The molecule has 0 aliphatic carbocycles. The quantitative estimate of drug-likeness (QED) is 0.429. The van der Waals surface area contributed by atoms with Crippen molar-refractivity contribution in [3.63, 3.8) is 0 Å². The summed E-state index contributed by atoms with van der Waals surface area (Å²) in [5.74, 6) is -1.92. The smallest absolute Gasteiger partial charge is 0.490 e. The van der Waals surface area contributed by atoms with Crippen LogP contribution in [0.1, 0.15) is 17.4 Å². The van der Waals surface area contributed by atoms with Gasteiger partial charge in [-0.3, -0.25) is 9.58 Å². The minimum atomic E-state index is -5.08. The molecule has 1 unspecified atom stereocenters. The van der Waals surface area contributed by atoms with Crippen LogP contribution in [-0.4, -0.2) is 73.6 Å². The van der Waals surface area contributed by atoms with Gasteiger partial charge in [-0.05, 0) is 23.8 Å². The second-order valence-electron chi connectivity index (χ2n) is 8.37. The SMILES string of the molecule is COc1ccc(-c2ccc3c(C4CN(Cc5cnn(C)c5)CCO4)nnn3c2)cc1.O=C(O)C(F)(F)F. The molecule has 1 fully saturated rings. The van der Waals surface area contributed by atoms with E-state index in [1.165, 1.54) is 5.56 Å². The first kappa shape index (κ1) is 26.1. The van der Waals surface area contributed by atoms with E-state index < -0.39 is 12.1 Å². The van der Waals surface area contributed by atoms with Crippen LogP contribution in [0.4, 0.5) is 13.2 Å². The van der Waals surface area contributed by atoms with Crippen LogP contribution in [0.3, 0.4) is 0 Å². The highest BCUT2D eigenvalue weighted by Crippen LogP contribution is 2.28. The van der Waals surface area contributed by atoms with Crippen molar-refractivity contribution in [3.8, 4) is 16.9 Å². The maximum atomic E-state index is 10.6.